The molecule has 29 heavy (non-hydrogen) atoms. The zero-order valence-electron chi connectivity index (χ0n) is 16.7. The Morgan fingerprint density at radius 1 is 1.07 bits per heavy atom. The molecule has 0 aliphatic rings. The van der Waals surface area contributed by atoms with Crippen LogP contribution in [-0.4, -0.2) is 45.3 Å². The lowest BCUT2D eigenvalue weighted by Gasteiger charge is -2.14. The molecule has 9 heteroatoms. The fourth-order valence-corrected chi connectivity index (χ4v) is 3.84. The van der Waals surface area contributed by atoms with E-state index < -0.39 is 28.5 Å². The third-order valence-corrected chi connectivity index (χ3v) is 6.55. The number of amides is 1. The maximum Gasteiger partial charge on any atom is 0.310 e. The SMILES string of the molecule is Cc1ccc(CC(=O)OCC(=O)Nc2ccc(Cl)c(S(=O)(=O)N(C)C)c2)cc1C. The Hall–Kier alpha value is -2.42. The lowest BCUT2D eigenvalue weighted by Crippen LogP contribution is -2.24. The molecular formula is C20H23ClN2O5S. The van der Waals surface area contributed by atoms with Gasteiger partial charge in [0.1, 0.15) is 4.90 Å². The maximum absolute atomic E-state index is 12.3. The normalized spacial score (nSPS) is 11.4. The molecule has 0 aliphatic heterocycles. The molecule has 1 amide bonds. The van der Waals surface area contributed by atoms with Crippen molar-refractivity contribution in [1.82, 2.24) is 4.31 Å². The number of hydrogen-bond donors (Lipinski definition) is 1. The number of benzene rings is 2. The van der Waals surface area contributed by atoms with Crippen LogP contribution in [0.15, 0.2) is 41.3 Å². The number of rotatable bonds is 7. The molecule has 0 aliphatic carbocycles. The molecule has 1 N–H and O–H groups in total. The second-order valence-corrected chi connectivity index (χ2v) is 9.26. The number of ether oxygens (including phenoxy) is 1. The summed E-state index contributed by atoms with van der Waals surface area (Å²) in [5, 5.41) is 2.54. The van der Waals surface area contributed by atoms with Gasteiger partial charge in [-0.3, -0.25) is 9.59 Å². The van der Waals surface area contributed by atoms with E-state index in [0.29, 0.717) is 0 Å². The third kappa shape index (κ3) is 6.03. The number of nitrogens with zero attached hydrogens (tertiary/aromatic N) is 1. The Kier molecular flexibility index (Phi) is 7.40. The lowest BCUT2D eigenvalue weighted by molar-refractivity contribution is -0.146. The number of carbonyl (C=O) groups excluding carboxylic acids is 2. The summed E-state index contributed by atoms with van der Waals surface area (Å²) < 4.78 is 30.6. The number of carbonyl (C=O) groups is 2. The van der Waals surface area contributed by atoms with E-state index >= 15 is 0 Å². The van der Waals surface area contributed by atoms with E-state index in [1.165, 1.54) is 32.3 Å². The van der Waals surface area contributed by atoms with Crippen molar-refractivity contribution in [3.05, 3.63) is 58.1 Å². The summed E-state index contributed by atoms with van der Waals surface area (Å²) in [5.41, 5.74) is 3.22. The molecule has 156 valence electrons. The summed E-state index contributed by atoms with van der Waals surface area (Å²) in [4.78, 5) is 23.9. The van der Waals surface area contributed by atoms with Gasteiger partial charge < -0.3 is 10.1 Å². The van der Waals surface area contributed by atoms with Crippen LogP contribution >= 0.6 is 11.6 Å². The quantitative estimate of drug-likeness (QED) is 0.671. The van der Waals surface area contributed by atoms with Crippen LogP contribution in [-0.2, 0) is 30.8 Å². The number of hydrogen-bond acceptors (Lipinski definition) is 5. The van der Waals surface area contributed by atoms with Gasteiger partial charge in [0.25, 0.3) is 5.91 Å². The molecule has 0 unspecified atom stereocenters. The topological polar surface area (TPSA) is 92.8 Å². The monoisotopic (exact) mass is 438 g/mol. The van der Waals surface area contributed by atoms with Crippen molar-refractivity contribution in [2.24, 2.45) is 0 Å². The van der Waals surface area contributed by atoms with Gasteiger partial charge >= 0.3 is 5.97 Å². The maximum atomic E-state index is 12.3. The summed E-state index contributed by atoms with van der Waals surface area (Å²) >= 11 is 5.97. The Bertz CT molecular complexity index is 1040. The Balaban J connectivity index is 1.97. The highest BCUT2D eigenvalue weighted by Gasteiger charge is 2.21. The standard InChI is InChI=1S/C20H23ClN2O5S/c1-13-5-6-15(9-14(13)2)10-20(25)28-12-19(24)22-16-7-8-17(21)18(11-16)29(26,27)23(3)4/h5-9,11H,10,12H2,1-4H3,(H,22,24). The van der Waals surface area contributed by atoms with E-state index in [0.717, 1.165) is 21.0 Å². The van der Waals surface area contributed by atoms with Crippen molar-refractivity contribution in [3.63, 3.8) is 0 Å². The van der Waals surface area contributed by atoms with Crippen LogP contribution in [0.3, 0.4) is 0 Å². The van der Waals surface area contributed by atoms with Crippen molar-refractivity contribution < 1.29 is 22.7 Å². The molecule has 2 aromatic carbocycles. The van der Waals surface area contributed by atoms with Crippen LogP contribution in [0, 0.1) is 13.8 Å². The predicted molar refractivity (Wildman–Crippen MR) is 112 cm³/mol. The molecule has 0 aromatic heterocycles. The Morgan fingerprint density at radius 2 is 1.76 bits per heavy atom. The van der Waals surface area contributed by atoms with Crippen molar-refractivity contribution in [2.75, 3.05) is 26.0 Å². The molecular weight excluding hydrogens is 416 g/mol. The van der Waals surface area contributed by atoms with E-state index in [4.69, 9.17) is 16.3 Å². The minimum absolute atomic E-state index is 0.0384. The first-order chi connectivity index (χ1) is 13.5. The summed E-state index contributed by atoms with van der Waals surface area (Å²) in [6, 6.07) is 9.75. The third-order valence-electron chi connectivity index (χ3n) is 4.26. The first-order valence-electron chi connectivity index (χ1n) is 8.74. The van der Waals surface area contributed by atoms with Gasteiger partial charge in [0.05, 0.1) is 11.4 Å². The van der Waals surface area contributed by atoms with E-state index in [2.05, 4.69) is 5.32 Å². The van der Waals surface area contributed by atoms with Gasteiger partial charge in [0.15, 0.2) is 6.61 Å². The summed E-state index contributed by atoms with van der Waals surface area (Å²) in [5.74, 6) is -1.12. The van der Waals surface area contributed by atoms with Crippen LogP contribution in [0.25, 0.3) is 0 Å². The number of sulfonamides is 1. The van der Waals surface area contributed by atoms with Crippen LogP contribution in [0.2, 0.25) is 5.02 Å². The highest BCUT2D eigenvalue weighted by molar-refractivity contribution is 7.89. The minimum atomic E-state index is -3.77. The van der Waals surface area contributed by atoms with E-state index in [1.807, 2.05) is 32.0 Å². The van der Waals surface area contributed by atoms with Gasteiger partial charge in [-0.2, -0.15) is 0 Å². The zero-order chi connectivity index (χ0) is 21.8. The first kappa shape index (κ1) is 22.9. The molecule has 0 fully saturated rings. The fourth-order valence-electron chi connectivity index (χ4n) is 2.45. The van der Waals surface area contributed by atoms with Crippen molar-refractivity contribution in [1.29, 1.82) is 0 Å². The average Bonchev–Trinajstić information content (AvgIpc) is 2.64. The van der Waals surface area contributed by atoms with Gasteiger partial charge in [-0.05, 0) is 48.7 Å². The van der Waals surface area contributed by atoms with E-state index in [1.54, 1.807) is 0 Å². The molecule has 2 aromatic rings. The van der Waals surface area contributed by atoms with Crippen LogP contribution in [0.1, 0.15) is 16.7 Å². The summed E-state index contributed by atoms with van der Waals surface area (Å²) in [7, 11) is -1.01. The number of halogens is 1. The van der Waals surface area contributed by atoms with E-state index in [9.17, 15) is 18.0 Å². The summed E-state index contributed by atoms with van der Waals surface area (Å²) in [6.07, 6.45) is 0.0561. The smallest absolute Gasteiger partial charge is 0.310 e. The van der Waals surface area contributed by atoms with Gasteiger partial charge in [-0.1, -0.05) is 29.8 Å². The molecule has 0 spiro atoms. The second-order valence-electron chi connectivity index (χ2n) is 6.74. The second kappa shape index (κ2) is 9.39. The van der Waals surface area contributed by atoms with Crippen molar-refractivity contribution >= 4 is 39.2 Å². The molecule has 2 rings (SSSR count). The Morgan fingerprint density at radius 3 is 2.38 bits per heavy atom. The lowest BCUT2D eigenvalue weighted by atomic mass is 10.0. The highest BCUT2D eigenvalue weighted by atomic mass is 35.5. The zero-order valence-corrected chi connectivity index (χ0v) is 18.2. The largest absolute Gasteiger partial charge is 0.455 e. The minimum Gasteiger partial charge on any atom is -0.455 e. The summed E-state index contributed by atoms with van der Waals surface area (Å²) in [6.45, 7) is 3.45. The molecule has 0 saturated heterocycles. The van der Waals surface area contributed by atoms with Gasteiger partial charge in [-0.15, -0.1) is 0 Å². The van der Waals surface area contributed by atoms with Gasteiger partial charge in [0.2, 0.25) is 10.0 Å². The van der Waals surface area contributed by atoms with Crippen LogP contribution < -0.4 is 5.32 Å². The van der Waals surface area contributed by atoms with Gasteiger partial charge in [0, 0.05) is 19.8 Å². The average molecular weight is 439 g/mol. The fraction of sp³-hybridized carbons (Fsp3) is 0.300. The van der Waals surface area contributed by atoms with Crippen LogP contribution in [0.4, 0.5) is 5.69 Å². The molecule has 0 bridgehead atoms. The molecule has 0 heterocycles. The first-order valence-corrected chi connectivity index (χ1v) is 10.6. The predicted octanol–water partition coefficient (Wildman–Crippen LogP) is 2.93. The van der Waals surface area contributed by atoms with Gasteiger partial charge in [-0.25, -0.2) is 12.7 Å². The molecule has 7 nitrogen and oxygen atoms in total. The van der Waals surface area contributed by atoms with E-state index in [-0.39, 0.29) is 22.0 Å². The van der Waals surface area contributed by atoms with Crippen LogP contribution in [0.5, 0.6) is 0 Å². The number of nitrogens with one attached hydrogen (secondary N) is 1. The Labute approximate surface area is 175 Å². The van der Waals surface area contributed by atoms with Crippen molar-refractivity contribution in [3.8, 4) is 0 Å². The molecule has 0 atom stereocenters. The molecule has 0 radical (unpaired) electrons. The molecule has 0 saturated carbocycles. The number of esters is 1. The van der Waals surface area contributed by atoms with Crippen molar-refractivity contribution in [2.45, 2.75) is 25.2 Å². The number of aryl methyl sites for hydroxylation is 2. The highest BCUT2D eigenvalue weighted by Crippen LogP contribution is 2.26. The number of anilines is 1.